The molecule has 0 radical (unpaired) electrons. The molecule has 2 N–H and O–H groups in total. The van der Waals surface area contributed by atoms with E-state index in [4.69, 9.17) is 10.4 Å². The molecular weight excluding hydrogens is 136 g/mol. The molecule has 10 heavy (non-hydrogen) atoms. The smallest absolute Gasteiger partial charge is 0.327 e. The van der Waals surface area contributed by atoms with Crippen LogP contribution in [-0.4, -0.2) is 23.5 Å². The summed E-state index contributed by atoms with van der Waals surface area (Å²) in [7, 11) is 0. The van der Waals surface area contributed by atoms with Gasteiger partial charge in [0, 0.05) is 0 Å². The van der Waals surface area contributed by atoms with Crippen molar-refractivity contribution >= 4 is 12.4 Å². The fraction of sp³-hybridized carbons (Fsp3) is 0.400. The fourth-order valence-electron chi connectivity index (χ4n) is 0.391. The highest BCUT2D eigenvalue weighted by atomic mass is 16.4. The van der Waals surface area contributed by atoms with Gasteiger partial charge in [0.25, 0.3) is 0 Å². The molecule has 0 bridgehead atoms. The molecule has 1 unspecified atom stereocenters. The van der Waals surface area contributed by atoms with E-state index >= 15 is 0 Å². The van der Waals surface area contributed by atoms with Gasteiger partial charge in [-0.05, 0) is 0 Å². The van der Waals surface area contributed by atoms with Crippen molar-refractivity contribution in [1.82, 2.24) is 5.32 Å². The van der Waals surface area contributed by atoms with Crippen LogP contribution in [-0.2, 0) is 9.59 Å². The highest BCUT2D eigenvalue weighted by Gasteiger charge is 2.14. The maximum absolute atomic E-state index is 10.1. The van der Waals surface area contributed by atoms with E-state index in [2.05, 4.69) is 0 Å². The highest BCUT2D eigenvalue weighted by molar-refractivity contribution is 5.76. The lowest BCUT2D eigenvalue weighted by Gasteiger charge is -2.03. The van der Waals surface area contributed by atoms with E-state index in [9.17, 15) is 9.59 Å². The van der Waals surface area contributed by atoms with Crippen molar-refractivity contribution < 1.29 is 14.7 Å². The first-order chi connectivity index (χ1) is 4.72. The number of hydrogen-bond donors (Lipinski definition) is 2. The Kier molecular flexibility index (Phi) is 3.64. The Labute approximate surface area is 57.3 Å². The Morgan fingerprint density at radius 2 is 2.50 bits per heavy atom. The second-order valence-electron chi connectivity index (χ2n) is 1.54. The second kappa shape index (κ2) is 4.32. The molecule has 0 aromatic heterocycles. The van der Waals surface area contributed by atoms with Gasteiger partial charge >= 0.3 is 5.97 Å². The van der Waals surface area contributed by atoms with Crippen LogP contribution in [0.5, 0.6) is 0 Å². The maximum Gasteiger partial charge on any atom is 0.327 e. The molecule has 5 nitrogen and oxygen atoms in total. The zero-order valence-electron chi connectivity index (χ0n) is 5.07. The number of carbonyl (C=O) groups is 2. The molecule has 1 atom stereocenters. The fourth-order valence-corrected chi connectivity index (χ4v) is 0.391. The van der Waals surface area contributed by atoms with Gasteiger partial charge in [0.2, 0.25) is 6.41 Å². The maximum atomic E-state index is 10.1. The van der Waals surface area contributed by atoms with Gasteiger partial charge in [-0.3, -0.25) is 4.79 Å². The molecule has 0 rings (SSSR count). The van der Waals surface area contributed by atoms with Gasteiger partial charge in [0.1, 0.15) is 6.04 Å². The molecule has 1 amide bonds. The second-order valence-corrected chi connectivity index (χ2v) is 1.54. The summed E-state index contributed by atoms with van der Waals surface area (Å²) in [5.41, 5.74) is 0. The quantitative estimate of drug-likeness (QED) is 0.497. The van der Waals surface area contributed by atoms with Gasteiger partial charge in [-0.15, -0.1) is 0 Å². The van der Waals surface area contributed by atoms with Crippen LogP contribution in [0.15, 0.2) is 0 Å². The minimum Gasteiger partial charge on any atom is -0.480 e. The lowest BCUT2D eigenvalue weighted by Crippen LogP contribution is -2.35. The number of amides is 1. The Morgan fingerprint density at radius 1 is 1.90 bits per heavy atom. The number of nitrogens with one attached hydrogen (secondary N) is 1. The predicted octanol–water partition coefficient (Wildman–Crippen LogP) is -0.901. The number of carbonyl (C=O) groups excluding carboxylic acids is 1. The summed E-state index contributed by atoms with van der Waals surface area (Å²) in [6.07, 6.45) is 0.0458. The van der Waals surface area contributed by atoms with Crippen molar-refractivity contribution in [2.24, 2.45) is 0 Å². The van der Waals surface area contributed by atoms with E-state index in [1.807, 2.05) is 5.32 Å². The molecule has 0 aromatic carbocycles. The van der Waals surface area contributed by atoms with E-state index in [0.29, 0.717) is 0 Å². The molecule has 5 heteroatoms. The normalized spacial score (nSPS) is 11.1. The average molecular weight is 142 g/mol. The van der Waals surface area contributed by atoms with Crippen LogP contribution in [0.1, 0.15) is 6.42 Å². The third kappa shape index (κ3) is 2.67. The minimum absolute atomic E-state index is 0.214. The molecule has 0 saturated heterocycles. The monoisotopic (exact) mass is 142 g/mol. The van der Waals surface area contributed by atoms with Crippen LogP contribution < -0.4 is 5.32 Å². The topological polar surface area (TPSA) is 90.2 Å². The first kappa shape index (κ1) is 8.43. The van der Waals surface area contributed by atoms with Crippen LogP contribution in [0, 0.1) is 11.3 Å². The lowest BCUT2D eigenvalue weighted by molar-refractivity contribution is -0.140. The summed E-state index contributed by atoms with van der Waals surface area (Å²) in [6.45, 7) is 0. The van der Waals surface area contributed by atoms with Gasteiger partial charge in [-0.25, -0.2) is 4.79 Å². The van der Waals surface area contributed by atoms with Gasteiger partial charge in [0.15, 0.2) is 0 Å². The number of hydrogen-bond acceptors (Lipinski definition) is 3. The number of rotatable bonds is 4. The van der Waals surface area contributed by atoms with Crippen molar-refractivity contribution in [1.29, 1.82) is 5.26 Å². The first-order valence-electron chi connectivity index (χ1n) is 2.51. The Bertz CT molecular complexity index is 172. The summed E-state index contributed by atoms with van der Waals surface area (Å²) in [5, 5.41) is 18.3. The first-order valence-corrected chi connectivity index (χ1v) is 2.51. The highest BCUT2D eigenvalue weighted by Crippen LogP contribution is 1.87. The molecule has 0 fully saturated rings. The predicted molar refractivity (Wildman–Crippen MR) is 30.9 cm³/mol. The Balaban J connectivity index is 3.86. The Hall–Kier alpha value is -1.57. The number of nitrogens with zero attached hydrogens (tertiary/aromatic N) is 1. The summed E-state index contributed by atoms with van der Waals surface area (Å²) in [4.78, 5) is 19.8. The molecule has 54 valence electrons. The summed E-state index contributed by atoms with van der Waals surface area (Å²) >= 11 is 0. The third-order valence-corrected chi connectivity index (χ3v) is 0.863. The molecule has 0 heterocycles. The molecular formula is C5H6N2O3. The van der Waals surface area contributed by atoms with Crippen molar-refractivity contribution in [3.05, 3.63) is 0 Å². The minimum atomic E-state index is -1.20. The number of carboxylic acid groups (broad SMARTS) is 1. The van der Waals surface area contributed by atoms with Crippen LogP contribution in [0.3, 0.4) is 0 Å². The number of carboxylic acids is 1. The van der Waals surface area contributed by atoms with E-state index in [1.54, 1.807) is 6.07 Å². The van der Waals surface area contributed by atoms with E-state index in [1.165, 1.54) is 0 Å². The van der Waals surface area contributed by atoms with Crippen LogP contribution in [0.2, 0.25) is 0 Å². The van der Waals surface area contributed by atoms with E-state index in [-0.39, 0.29) is 12.8 Å². The van der Waals surface area contributed by atoms with Crippen molar-refractivity contribution in [3.8, 4) is 6.07 Å². The zero-order valence-corrected chi connectivity index (χ0v) is 5.07. The number of nitriles is 1. The van der Waals surface area contributed by atoms with E-state index in [0.717, 1.165) is 0 Å². The van der Waals surface area contributed by atoms with Crippen molar-refractivity contribution in [2.75, 3.05) is 0 Å². The van der Waals surface area contributed by atoms with Crippen LogP contribution >= 0.6 is 0 Å². The summed E-state index contributed by atoms with van der Waals surface area (Å²) in [5.74, 6) is -1.20. The standard InChI is InChI=1S/C5H6N2O3/c6-2-1-4(5(9)10)7-3-8/h3-4H,1H2,(H,7,8)(H,9,10). The molecule has 0 aliphatic rings. The molecule has 0 aromatic rings. The lowest BCUT2D eigenvalue weighted by atomic mass is 10.2. The molecule has 0 saturated carbocycles. The zero-order chi connectivity index (χ0) is 7.98. The SMILES string of the molecule is N#CCC(NC=O)C(=O)O. The molecule has 0 aliphatic heterocycles. The third-order valence-electron chi connectivity index (χ3n) is 0.863. The van der Waals surface area contributed by atoms with Crippen LogP contribution in [0.25, 0.3) is 0 Å². The van der Waals surface area contributed by atoms with Gasteiger partial charge in [0.05, 0.1) is 12.5 Å². The van der Waals surface area contributed by atoms with Crippen molar-refractivity contribution in [2.45, 2.75) is 12.5 Å². The molecule has 0 aliphatic carbocycles. The van der Waals surface area contributed by atoms with Crippen LogP contribution in [0.4, 0.5) is 0 Å². The largest absolute Gasteiger partial charge is 0.480 e. The average Bonchev–Trinajstić information content (AvgIpc) is 1.87. The van der Waals surface area contributed by atoms with E-state index < -0.39 is 12.0 Å². The van der Waals surface area contributed by atoms with Gasteiger partial charge in [-0.2, -0.15) is 5.26 Å². The summed E-state index contributed by atoms with van der Waals surface area (Å²) in [6, 6.07) is 0.551. The van der Waals surface area contributed by atoms with Gasteiger partial charge in [-0.1, -0.05) is 0 Å². The number of aliphatic carboxylic acids is 1. The Morgan fingerprint density at radius 3 is 2.80 bits per heavy atom. The van der Waals surface area contributed by atoms with Gasteiger partial charge < -0.3 is 10.4 Å². The van der Waals surface area contributed by atoms with Crippen molar-refractivity contribution in [3.63, 3.8) is 0 Å². The molecule has 0 spiro atoms. The summed E-state index contributed by atoms with van der Waals surface area (Å²) < 4.78 is 0.